The van der Waals surface area contributed by atoms with E-state index in [2.05, 4.69) is 4.90 Å². The summed E-state index contributed by atoms with van der Waals surface area (Å²) < 4.78 is 39.0. The zero-order chi connectivity index (χ0) is 15.3. The molecular formula is C15H23ClFN2O2S-. The van der Waals surface area contributed by atoms with Crippen LogP contribution in [0.3, 0.4) is 0 Å². The Morgan fingerprint density at radius 2 is 1.86 bits per heavy atom. The molecule has 0 saturated carbocycles. The van der Waals surface area contributed by atoms with Crippen LogP contribution >= 0.6 is 0 Å². The average molecular weight is 350 g/mol. The van der Waals surface area contributed by atoms with Gasteiger partial charge in [0.2, 0.25) is 10.0 Å². The third-order valence-corrected chi connectivity index (χ3v) is 5.73. The van der Waals surface area contributed by atoms with E-state index in [0.29, 0.717) is 39.1 Å². The standard InChI is InChI=1S/C15H23FN2O2S.ClH/c1-2-3-11-21(19,20)18-9-7-17(8-10-18)13-14-5-4-6-15(16)12-14;/h4-6,12H,2-3,7-11,13H2,1H3;1H/p-1. The summed E-state index contributed by atoms with van der Waals surface area (Å²) in [6.45, 7) is 5.11. The van der Waals surface area contributed by atoms with Gasteiger partial charge in [-0.3, -0.25) is 4.90 Å². The molecule has 0 spiro atoms. The normalized spacial score (nSPS) is 17.2. The van der Waals surface area contributed by atoms with Crippen LogP contribution in [-0.2, 0) is 16.6 Å². The quantitative estimate of drug-likeness (QED) is 0.667. The summed E-state index contributed by atoms with van der Waals surface area (Å²) in [5, 5.41) is 0. The van der Waals surface area contributed by atoms with Crippen molar-refractivity contribution in [1.82, 2.24) is 9.21 Å². The Balaban J connectivity index is 0.00000242. The lowest BCUT2D eigenvalue weighted by Crippen LogP contribution is -3.00. The molecule has 0 aliphatic carbocycles. The third kappa shape index (κ3) is 5.50. The summed E-state index contributed by atoms with van der Waals surface area (Å²) in [4.78, 5) is 2.17. The summed E-state index contributed by atoms with van der Waals surface area (Å²) >= 11 is 0. The van der Waals surface area contributed by atoms with E-state index in [1.165, 1.54) is 12.1 Å². The van der Waals surface area contributed by atoms with Crippen molar-refractivity contribution in [3.8, 4) is 0 Å². The number of hydrogen-bond acceptors (Lipinski definition) is 3. The molecule has 1 fully saturated rings. The Labute approximate surface area is 138 Å². The van der Waals surface area contributed by atoms with Gasteiger partial charge in [-0.2, -0.15) is 4.31 Å². The zero-order valence-corrected chi connectivity index (χ0v) is 14.4. The van der Waals surface area contributed by atoms with Gasteiger partial charge in [-0.15, -0.1) is 0 Å². The van der Waals surface area contributed by atoms with E-state index in [4.69, 9.17) is 0 Å². The van der Waals surface area contributed by atoms with E-state index in [-0.39, 0.29) is 24.0 Å². The fourth-order valence-corrected chi connectivity index (χ4v) is 4.15. The Bertz CT molecular complexity index is 560. The lowest BCUT2D eigenvalue weighted by atomic mass is 10.2. The first-order chi connectivity index (χ1) is 10.0. The minimum Gasteiger partial charge on any atom is -1.00 e. The highest BCUT2D eigenvalue weighted by molar-refractivity contribution is 7.89. The maximum atomic E-state index is 13.2. The molecule has 7 heteroatoms. The van der Waals surface area contributed by atoms with Crippen LogP contribution in [0.15, 0.2) is 24.3 Å². The molecule has 0 amide bonds. The van der Waals surface area contributed by atoms with Crippen LogP contribution in [0.2, 0.25) is 0 Å². The molecule has 22 heavy (non-hydrogen) atoms. The molecule has 0 N–H and O–H groups in total. The van der Waals surface area contributed by atoms with Crippen molar-refractivity contribution < 1.29 is 25.2 Å². The van der Waals surface area contributed by atoms with Crippen molar-refractivity contribution in [3.05, 3.63) is 35.6 Å². The molecule has 126 valence electrons. The molecule has 1 saturated heterocycles. The SMILES string of the molecule is CCCCS(=O)(=O)N1CCN(Cc2cccc(F)c2)CC1.[Cl-]. The smallest absolute Gasteiger partial charge is 0.214 e. The molecule has 1 heterocycles. The number of sulfonamides is 1. The summed E-state index contributed by atoms with van der Waals surface area (Å²) in [6.07, 6.45) is 1.60. The van der Waals surface area contributed by atoms with Gasteiger partial charge in [-0.1, -0.05) is 25.5 Å². The number of benzene rings is 1. The van der Waals surface area contributed by atoms with Gasteiger partial charge in [0, 0.05) is 32.7 Å². The van der Waals surface area contributed by atoms with Crippen LogP contribution in [0, 0.1) is 5.82 Å². The predicted molar refractivity (Wildman–Crippen MR) is 81.9 cm³/mol. The molecule has 0 radical (unpaired) electrons. The van der Waals surface area contributed by atoms with Gasteiger partial charge in [0.15, 0.2) is 0 Å². The second-order valence-corrected chi connectivity index (χ2v) is 7.56. The fourth-order valence-electron chi connectivity index (χ4n) is 2.52. The first-order valence-corrected chi connectivity index (χ1v) is 9.07. The first kappa shape index (κ1) is 19.4. The zero-order valence-electron chi connectivity index (χ0n) is 12.8. The van der Waals surface area contributed by atoms with Crippen molar-refractivity contribution in [2.24, 2.45) is 0 Å². The molecule has 4 nitrogen and oxygen atoms in total. The highest BCUT2D eigenvalue weighted by atomic mass is 35.5. The molecule has 0 bridgehead atoms. The Kier molecular flexibility index (Phi) is 7.76. The van der Waals surface area contributed by atoms with E-state index >= 15 is 0 Å². The molecule has 2 rings (SSSR count). The lowest BCUT2D eigenvalue weighted by Gasteiger charge is -2.34. The van der Waals surface area contributed by atoms with Crippen molar-refractivity contribution in [3.63, 3.8) is 0 Å². The molecule has 1 aliphatic rings. The predicted octanol–water partition coefficient (Wildman–Crippen LogP) is -0.923. The van der Waals surface area contributed by atoms with Gasteiger partial charge in [-0.05, 0) is 24.1 Å². The number of piperazine rings is 1. The average Bonchev–Trinajstić information content (AvgIpc) is 2.46. The molecule has 0 atom stereocenters. The number of hydrogen-bond donors (Lipinski definition) is 0. The van der Waals surface area contributed by atoms with Gasteiger partial charge >= 0.3 is 0 Å². The Hall–Kier alpha value is -0.690. The van der Waals surface area contributed by atoms with Gasteiger partial charge in [0.25, 0.3) is 0 Å². The monoisotopic (exact) mass is 349 g/mol. The maximum absolute atomic E-state index is 13.2. The molecule has 0 unspecified atom stereocenters. The van der Waals surface area contributed by atoms with Gasteiger partial charge in [0.05, 0.1) is 5.75 Å². The lowest BCUT2D eigenvalue weighted by molar-refractivity contribution is -0.00000776. The topological polar surface area (TPSA) is 40.6 Å². The maximum Gasteiger partial charge on any atom is 0.214 e. The van der Waals surface area contributed by atoms with Crippen LogP contribution in [-0.4, -0.2) is 49.6 Å². The molecular weight excluding hydrogens is 327 g/mol. The van der Waals surface area contributed by atoms with Crippen LogP contribution in [0.1, 0.15) is 25.3 Å². The highest BCUT2D eigenvalue weighted by Gasteiger charge is 2.26. The molecule has 1 aliphatic heterocycles. The van der Waals surface area contributed by atoms with Crippen molar-refractivity contribution in [1.29, 1.82) is 0 Å². The number of halogens is 2. The van der Waals surface area contributed by atoms with Crippen molar-refractivity contribution in [2.75, 3.05) is 31.9 Å². The Morgan fingerprint density at radius 3 is 2.45 bits per heavy atom. The van der Waals surface area contributed by atoms with Gasteiger partial charge in [0.1, 0.15) is 5.82 Å². The number of rotatable bonds is 6. The van der Waals surface area contributed by atoms with Crippen molar-refractivity contribution in [2.45, 2.75) is 26.3 Å². The van der Waals surface area contributed by atoms with E-state index in [1.54, 1.807) is 10.4 Å². The minimum absolute atomic E-state index is 0. The second kappa shape index (κ2) is 8.82. The largest absolute Gasteiger partial charge is 1.00 e. The Morgan fingerprint density at radius 1 is 1.18 bits per heavy atom. The van der Waals surface area contributed by atoms with Crippen LogP contribution < -0.4 is 12.4 Å². The summed E-state index contributed by atoms with van der Waals surface area (Å²) in [6, 6.07) is 6.57. The minimum atomic E-state index is -3.10. The molecule has 1 aromatic carbocycles. The van der Waals surface area contributed by atoms with E-state index in [1.807, 2.05) is 13.0 Å². The first-order valence-electron chi connectivity index (χ1n) is 7.46. The van der Waals surface area contributed by atoms with Crippen LogP contribution in [0.5, 0.6) is 0 Å². The summed E-state index contributed by atoms with van der Waals surface area (Å²) in [7, 11) is -3.10. The van der Waals surface area contributed by atoms with E-state index in [0.717, 1.165) is 12.0 Å². The summed E-state index contributed by atoms with van der Waals surface area (Å²) in [5.41, 5.74) is 0.928. The van der Waals surface area contributed by atoms with Gasteiger partial charge < -0.3 is 12.4 Å². The van der Waals surface area contributed by atoms with Crippen LogP contribution in [0.25, 0.3) is 0 Å². The van der Waals surface area contributed by atoms with E-state index < -0.39 is 10.0 Å². The van der Waals surface area contributed by atoms with Gasteiger partial charge in [-0.25, -0.2) is 12.8 Å². The molecule has 1 aromatic rings. The highest BCUT2D eigenvalue weighted by Crippen LogP contribution is 2.13. The van der Waals surface area contributed by atoms with E-state index in [9.17, 15) is 12.8 Å². The fraction of sp³-hybridized carbons (Fsp3) is 0.600. The van der Waals surface area contributed by atoms with Crippen molar-refractivity contribution >= 4 is 10.0 Å². The number of unbranched alkanes of at least 4 members (excludes halogenated alkanes) is 1. The summed E-state index contributed by atoms with van der Waals surface area (Å²) in [5.74, 6) is 0.0150. The van der Waals surface area contributed by atoms with Crippen LogP contribution in [0.4, 0.5) is 4.39 Å². The second-order valence-electron chi connectivity index (χ2n) is 5.47. The third-order valence-electron chi connectivity index (χ3n) is 3.78. The molecule has 0 aromatic heterocycles. The number of nitrogens with zero attached hydrogens (tertiary/aromatic N) is 2.